The van der Waals surface area contributed by atoms with Gasteiger partial charge in [-0.2, -0.15) is 0 Å². The third-order valence-electron chi connectivity index (χ3n) is 6.48. The van der Waals surface area contributed by atoms with Crippen LogP contribution in [0.4, 0.5) is 4.39 Å². The molecule has 2 aromatic carbocycles. The summed E-state index contributed by atoms with van der Waals surface area (Å²) in [4.78, 5) is 2.35. The summed E-state index contributed by atoms with van der Waals surface area (Å²) in [6.45, 7) is 4.84. The standard InChI is InChI=1S/C24H25ClFN3O3S2/c1-15-20-13-17(25)3-6-22(20)33-24(15)34(30,31)27-9-2-10-29-11-7-16(8-12-29)23-19-5-4-18(26)14-21(19)32-28-23/h3-6,13-14,16,27H,2,7-12H2,1H3. The Balaban J connectivity index is 1.13. The number of fused-ring (bicyclic) bond motifs is 2. The molecule has 0 bridgehead atoms. The minimum Gasteiger partial charge on any atom is -0.356 e. The lowest BCUT2D eigenvalue weighted by Gasteiger charge is -2.31. The summed E-state index contributed by atoms with van der Waals surface area (Å²) < 4.78 is 48.5. The Morgan fingerprint density at radius 2 is 2.00 bits per heavy atom. The van der Waals surface area contributed by atoms with Gasteiger partial charge in [0.15, 0.2) is 5.58 Å². The quantitative estimate of drug-likeness (QED) is 0.316. The molecule has 5 rings (SSSR count). The van der Waals surface area contributed by atoms with Crippen molar-refractivity contribution in [1.29, 1.82) is 0 Å². The number of thiophene rings is 1. The maximum atomic E-state index is 13.4. The summed E-state index contributed by atoms with van der Waals surface area (Å²) >= 11 is 7.34. The van der Waals surface area contributed by atoms with Gasteiger partial charge in [-0.05, 0) is 87.1 Å². The molecule has 4 aromatic rings. The minimum absolute atomic E-state index is 0.283. The van der Waals surface area contributed by atoms with Crippen LogP contribution in [0.2, 0.25) is 5.02 Å². The molecule has 1 N–H and O–H groups in total. The van der Waals surface area contributed by atoms with E-state index in [1.54, 1.807) is 12.1 Å². The first-order valence-electron chi connectivity index (χ1n) is 11.3. The number of sulfonamides is 1. The van der Waals surface area contributed by atoms with Crippen LogP contribution in [0.15, 0.2) is 45.1 Å². The molecule has 0 radical (unpaired) electrons. The Bertz CT molecular complexity index is 1440. The number of nitrogens with one attached hydrogen (secondary N) is 1. The summed E-state index contributed by atoms with van der Waals surface area (Å²) in [5.74, 6) is -0.0431. The highest BCUT2D eigenvalue weighted by atomic mass is 35.5. The van der Waals surface area contributed by atoms with E-state index in [1.807, 2.05) is 19.1 Å². The van der Waals surface area contributed by atoms with Crippen LogP contribution in [-0.2, 0) is 10.0 Å². The van der Waals surface area contributed by atoms with Crippen LogP contribution in [-0.4, -0.2) is 44.7 Å². The zero-order valence-electron chi connectivity index (χ0n) is 18.7. The van der Waals surface area contributed by atoms with Gasteiger partial charge in [-0.1, -0.05) is 16.8 Å². The van der Waals surface area contributed by atoms with E-state index >= 15 is 0 Å². The Labute approximate surface area is 206 Å². The molecule has 0 unspecified atom stereocenters. The summed E-state index contributed by atoms with van der Waals surface area (Å²) in [6, 6.07) is 10.00. The van der Waals surface area contributed by atoms with E-state index < -0.39 is 10.0 Å². The summed E-state index contributed by atoms with van der Waals surface area (Å²) in [7, 11) is -3.57. The average molecular weight is 522 g/mol. The fourth-order valence-electron chi connectivity index (χ4n) is 4.66. The fourth-order valence-corrected chi connectivity index (χ4v) is 7.69. The monoisotopic (exact) mass is 521 g/mol. The highest BCUT2D eigenvalue weighted by Crippen LogP contribution is 2.35. The smallest absolute Gasteiger partial charge is 0.250 e. The van der Waals surface area contributed by atoms with Gasteiger partial charge in [0.2, 0.25) is 10.0 Å². The van der Waals surface area contributed by atoms with Crippen LogP contribution in [0, 0.1) is 12.7 Å². The molecule has 0 saturated carbocycles. The van der Waals surface area contributed by atoms with E-state index in [9.17, 15) is 12.8 Å². The van der Waals surface area contributed by atoms with Crippen molar-refractivity contribution >= 4 is 54.0 Å². The third-order valence-corrected chi connectivity index (χ3v) is 10.1. The Morgan fingerprint density at radius 1 is 1.21 bits per heavy atom. The summed E-state index contributed by atoms with van der Waals surface area (Å²) in [5.41, 5.74) is 2.13. The number of benzene rings is 2. The van der Waals surface area contributed by atoms with Gasteiger partial charge < -0.3 is 9.42 Å². The van der Waals surface area contributed by atoms with Gasteiger partial charge in [-0.15, -0.1) is 11.3 Å². The Morgan fingerprint density at radius 3 is 2.79 bits per heavy atom. The molecule has 10 heteroatoms. The molecule has 0 amide bonds. The van der Waals surface area contributed by atoms with Gasteiger partial charge in [0, 0.05) is 33.6 Å². The minimum atomic E-state index is -3.57. The van der Waals surface area contributed by atoms with Crippen LogP contribution in [0.25, 0.3) is 21.1 Å². The van der Waals surface area contributed by atoms with Crippen molar-refractivity contribution in [2.45, 2.75) is 36.3 Å². The van der Waals surface area contributed by atoms with E-state index in [2.05, 4.69) is 14.8 Å². The lowest BCUT2D eigenvalue weighted by Crippen LogP contribution is -2.35. The van der Waals surface area contributed by atoms with Crippen LogP contribution in [0.1, 0.15) is 36.4 Å². The number of likely N-dealkylation sites (tertiary alicyclic amines) is 1. The van der Waals surface area contributed by atoms with Gasteiger partial charge in [0.1, 0.15) is 10.0 Å². The van der Waals surface area contributed by atoms with Crippen molar-refractivity contribution in [3.63, 3.8) is 0 Å². The molecular formula is C24H25ClFN3O3S2. The second-order valence-corrected chi connectivity index (χ2v) is 12.2. The molecule has 180 valence electrons. The van der Waals surface area contributed by atoms with E-state index in [1.165, 1.54) is 23.5 Å². The SMILES string of the molecule is Cc1c(S(=O)(=O)NCCCN2CCC(c3noc4cc(F)ccc34)CC2)sc2ccc(Cl)cc12. The molecule has 6 nitrogen and oxygen atoms in total. The number of hydrogen-bond donors (Lipinski definition) is 1. The number of aromatic nitrogens is 1. The maximum Gasteiger partial charge on any atom is 0.250 e. The predicted molar refractivity (Wildman–Crippen MR) is 134 cm³/mol. The highest BCUT2D eigenvalue weighted by molar-refractivity contribution is 7.91. The number of aryl methyl sites for hydroxylation is 1. The summed E-state index contributed by atoms with van der Waals surface area (Å²) in [5, 5.41) is 6.56. The van der Waals surface area contributed by atoms with E-state index in [0.29, 0.717) is 21.4 Å². The Hall–Kier alpha value is -2.04. The lowest BCUT2D eigenvalue weighted by molar-refractivity contribution is 0.208. The zero-order chi connectivity index (χ0) is 23.9. The van der Waals surface area contributed by atoms with Crippen molar-refractivity contribution in [3.05, 3.63) is 58.5 Å². The molecule has 2 aromatic heterocycles. The van der Waals surface area contributed by atoms with E-state index in [0.717, 1.165) is 65.6 Å². The number of rotatable bonds is 7. The van der Waals surface area contributed by atoms with Crippen molar-refractivity contribution < 1.29 is 17.3 Å². The highest BCUT2D eigenvalue weighted by Gasteiger charge is 2.25. The first-order valence-corrected chi connectivity index (χ1v) is 13.9. The van der Waals surface area contributed by atoms with Crippen molar-refractivity contribution in [1.82, 2.24) is 14.8 Å². The Kier molecular flexibility index (Phi) is 6.65. The van der Waals surface area contributed by atoms with Gasteiger partial charge in [0.05, 0.1) is 5.69 Å². The van der Waals surface area contributed by atoms with Crippen LogP contribution in [0.5, 0.6) is 0 Å². The van der Waals surface area contributed by atoms with Crippen LogP contribution >= 0.6 is 22.9 Å². The van der Waals surface area contributed by atoms with Crippen molar-refractivity contribution in [3.8, 4) is 0 Å². The third kappa shape index (κ3) is 4.72. The predicted octanol–water partition coefficient (Wildman–Crippen LogP) is 5.69. The molecule has 0 aliphatic carbocycles. The molecule has 1 aliphatic heterocycles. The first-order chi connectivity index (χ1) is 16.3. The number of hydrogen-bond acceptors (Lipinski definition) is 6. The number of nitrogens with zero attached hydrogens (tertiary/aromatic N) is 2. The second-order valence-electron chi connectivity index (χ2n) is 8.73. The van der Waals surface area contributed by atoms with Gasteiger partial charge in [-0.3, -0.25) is 0 Å². The summed E-state index contributed by atoms with van der Waals surface area (Å²) in [6.07, 6.45) is 2.61. The molecule has 1 fully saturated rings. The zero-order valence-corrected chi connectivity index (χ0v) is 21.1. The normalized spacial score (nSPS) is 16.1. The number of piperidine rings is 1. The molecule has 0 spiro atoms. The van der Waals surface area contributed by atoms with Gasteiger partial charge in [-0.25, -0.2) is 17.5 Å². The van der Waals surface area contributed by atoms with Gasteiger partial charge in [0.25, 0.3) is 0 Å². The largest absolute Gasteiger partial charge is 0.356 e. The van der Waals surface area contributed by atoms with E-state index in [-0.39, 0.29) is 11.7 Å². The van der Waals surface area contributed by atoms with Crippen LogP contribution in [0.3, 0.4) is 0 Å². The van der Waals surface area contributed by atoms with Crippen molar-refractivity contribution in [2.75, 3.05) is 26.2 Å². The molecule has 1 saturated heterocycles. The molecular weight excluding hydrogens is 497 g/mol. The molecule has 1 aliphatic rings. The van der Waals surface area contributed by atoms with Crippen LogP contribution < -0.4 is 4.72 Å². The first kappa shape index (κ1) is 23.7. The second kappa shape index (κ2) is 9.54. The van der Waals surface area contributed by atoms with E-state index in [4.69, 9.17) is 16.1 Å². The lowest BCUT2D eigenvalue weighted by atomic mass is 9.91. The van der Waals surface area contributed by atoms with Crippen molar-refractivity contribution in [2.24, 2.45) is 0 Å². The maximum absolute atomic E-state index is 13.4. The topological polar surface area (TPSA) is 75.4 Å². The van der Waals surface area contributed by atoms with Gasteiger partial charge >= 0.3 is 0 Å². The molecule has 3 heterocycles. The molecule has 0 atom stereocenters. The average Bonchev–Trinajstić information content (AvgIpc) is 3.38. The number of halogens is 2. The molecule has 34 heavy (non-hydrogen) atoms. The fraction of sp³-hybridized carbons (Fsp3) is 0.375.